The summed E-state index contributed by atoms with van der Waals surface area (Å²) in [5.41, 5.74) is 5.79. The van der Waals surface area contributed by atoms with E-state index >= 15 is 0 Å². The van der Waals surface area contributed by atoms with Gasteiger partial charge in [-0.1, -0.05) is 12.8 Å². The van der Waals surface area contributed by atoms with Gasteiger partial charge in [0, 0.05) is 25.6 Å². The summed E-state index contributed by atoms with van der Waals surface area (Å²) in [7, 11) is 0. The van der Waals surface area contributed by atoms with Gasteiger partial charge in [-0.25, -0.2) is 0 Å². The number of nitrogens with one attached hydrogen (secondary N) is 1. The van der Waals surface area contributed by atoms with Crippen LogP contribution in [0.15, 0.2) is 4.99 Å². The molecule has 0 atom stereocenters. The minimum absolute atomic E-state index is 0.150. The molecule has 3 N–H and O–H groups in total. The molecule has 0 aromatic rings. The quantitative estimate of drug-likeness (QED) is 0.550. The van der Waals surface area contributed by atoms with Crippen molar-refractivity contribution in [3.8, 4) is 0 Å². The second-order valence-electron chi connectivity index (χ2n) is 4.71. The molecule has 0 aliphatic heterocycles. The first-order valence-corrected chi connectivity index (χ1v) is 7.01. The van der Waals surface area contributed by atoms with Crippen LogP contribution in [-0.4, -0.2) is 42.4 Å². The van der Waals surface area contributed by atoms with E-state index in [2.05, 4.69) is 10.3 Å². The van der Waals surface area contributed by atoms with Crippen molar-refractivity contribution in [3.63, 3.8) is 0 Å². The molecule has 0 bridgehead atoms. The zero-order valence-corrected chi connectivity index (χ0v) is 11.6. The molecule has 5 heteroatoms. The van der Waals surface area contributed by atoms with Crippen molar-refractivity contribution in [1.29, 1.82) is 0 Å². The molecule has 1 amide bonds. The lowest BCUT2D eigenvalue weighted by molar-refractivity contribution is -0.130. The minimum Gasteiger partial charge on any atom is -0.370 e. The molecule has 1 rings (SSSR count). The monoisotopic (exact) mass is 254 g/mol. The number of rotatable bonds is 6. The zero-order chi connectivity index (χ0) is 13.4. The van der Waals surface area contributed by atoms with Crippen LogP contribution >= 0.6 is 0 Å². The highest BCUT2D eigenvalue weighted by atomic mass is 16.2. The molecule has 1 saturated carbocycles. The molecular formula is C13H26N4O. The number of nitrogens with zero attached hydrogens (tertiary/aromatic N) is 2. The van der Waals surface area contributed by atoms with Crippen molar-refractivity contribution in [2.75, 3.05) is 19.6 Å². The SMILES string of the molecule is CCN(CC)C(=O)CCN=C(N)NC1CCCC1. The number of guanidine groups is 1. The third kappa shape index (κ3) is 4.94. The fraction of sp³-hybridized carbons (Fsp3) is 0.846. The van der Waals surface area contributed by atoms with Gasteiger partial charge in [0.2, 0.25) is 5.91 Å². The van der Waals surface area contributed by atoms with Crippen molar-refractivity contribution < 1.29 is 4.79 Å². The molecule has 1 aliphatic rings. The largest absolute Gasteiger partial charge is 0.370 e. The smallest absolute Gasteiger partial charge is 0.224 e. The zero-order valence-electron chi connectivity index (χ0n) is 11.6. The Morgan fingerprint density at radius 3 is 2.50 bits per heavy atom. The Morgan fingerprint density at radius 2 is 1.94 bits per heavy atom. The normalized spacial score (nSPS) is 16.9. The summed E-state index contributed by atoms with van der Waals surface area (Å²) >= 11 is 0. The number of aliphatic imine (C=N–C) groups is 1. The predicted molar refractivity (Wildman–Crippen MR) is 74.4 cm³/mol. The third-order valence-electron chi connectivity index (χ3n) is 3.43. The number of hydrogen-bond acceptors (Lipinski definition) is 2. The molecule has 0 unspecified atom stereocenters. The number of hydrogen-bond donors (Lipinski definition) is 2. The van der Waals surface area contributed by atoms with Crippen LogP contribution in [0.4, 0.5) is 0 Å². The van der Waals surface area contributed by atoms with Crippen LogP contribution < -0.4 is 11.1 Å². The Morgan fingerprint density at radius 1 is 1.33 bits per heavy atom. The molecular weight excluding hydrogens is 228 g/mol. The molecule has 1 fully saturated rings. The van der Waals surface area contributed by atoms with Gasteiger partial charge >= 0.3 is 0 Å². The van der Waals surface area contributed by atoms with E-state index in [0.29, 0.717) is 25.0 Å². The first-order valence-electron chi connectivity index (χ1n) is 7.01. The maximum absolute atomic E-state index is 11.7. The number of amides is 1. The molecule has 5 nitrogen and oxygen atoms in total. The van der Waals surface area contributed by atoms with Gasteiger partial charge in [-0.15, -0.1) is 0 Å². The number of carbonyl (C=O) groups excluding carboxylic acids is 1. The Hall–Kier alpha value is -1.26. The van der Waals surface area contributed by atoms with Crippen molar-refractivity contribution >= 4 is 11.9 Å². The van der Waals surface area contributed by atoms with E-state index in [1.54, 1.807) is 0 Å². The van der Waals surface area contributed by atoms with Crippen LogP contribution in [0, 0.1) is 0 Å². The lowest BCUT2D eigenvalue weighted by Gasteiger charge is -2.18. The summed E-state index contributed by atoms with van der Waals surface area (Å²) < 4.78 is 0. The molecule has 0 heterocycles. The van der Waals surface area contributed by atoms with Crippen LogP contribution in [-0.2, 0) is 4.79 Å². The van der Waals surface area contributed by atoms with E-state index in [1.165, 1.54) is 25.7 Å². The second kappa shape index (κ2) is 7.95. The highest BCUT2D eigenvalue weighted by Crippen LogP contribution is 2.17. The number of nitrogens with two attached hydrogens (primary N) is 1. The van der Waals surface area contributed by atoms with Crippen molar-refractivity contribution in [2.24, 2.45) is 10.7 Å². The minimum atomic E-state index is 0.150. The van der Waals surface area contributed by atoms with Crippen molar-refractivity contribution in [2.45, 2.75) is 52.0 Å². The van der Waals surface area contributed by atoms with E-state index < -0.39 is 0 Å². The van der Waals surface area contributed by atoms with Crippen molar-refractivity contribution in [3.05, 3.63) is 0 Å². The van der Waals surface area contributed by atoms with Crippen LogP contribution in [0.5, 0.6) is 0 Å². The summed E-state index contributed by atoms with van der Waals surface area (Å²) in [6, 6.07) is 0.479. The topological polar surface area (TPSA) is 70.7 Å². The van der Waals surface area contributed by atoms with Gasteiger partial charge in [-0.2, -0.15) is 0 Å². The first-order chi connectivity index (χ1) is 8.67. The third-order valence-corrected chi connectivity index (χ3v) is 3.43. The lowest BCUT2D eigenvalue weighted by Crippen LogP contribution is -2.38. The predicted octanol–water partition coefficient (Wildman–Crippen LogP) is 1.09. The standard InChI is InChI=1S/C13H26N4O/c1-3-17(4-2)12(18)9-10-15-13(14)16-11-7-5-6-8-11/h11H,3-10H2,1-2H3,(H3,14,15,16). The Bertz CT molecular complexity index is 281. The molecule has 0 spiro atoms. The average Bonchev–Trinajstić information content (AvgIpc) is 2.83. The first kappa shape index (κ1) is 14.8. The van der Waals surface area contributed by atoms with Gasteiger partial charge in [0.1, 0.15) is 0 Å². The van der Waals surface area contributed by atoms with Gasteiger partial charge < -0.3 is 16.0 Å². The fourth-order valence-corrected chi connectivity index (χ4v) is 2.33. The fourth-order valence-electron chi connectivity index (χ4n) is 2.33. The molecule has 104 valence electrons. The molecule has 18 heavy (non-hydrogen) atoms. The Balaban J connectivity index is 2.23. The number of carbonyl (C=O) groups is 1. The van der Waals surface area contributed by atoms with Crippen LogP contribution in [0.25, 0.3) is 0 Å². The average molecular weight is 254 g/mol. The van der Waals surface area contributed by atoms with Crippen molar-refractivity contribution in [1.82, 2.24) is 10.2 Å². The van der Waals surface area contributed by atoms with E-state index in [0.717, 1.165) is 13.1 Å². The summed E-state index contributed by atoms with van der Waals surface area (Å²) in [5.74, 6) is 0.631. The Kier molecular flexibility index (Phi) is 6.54. The van der Waals surface area contributed by atoms with Gasteiger partial charge in [0.05, 0.1) is 6.54 Å². The van der Waals surface area contributed by atoms with Crippen LogP contribution in [0.3, 0.4) is 0 Å². The lowest BCUT2D eigenvalue weighted by atomic mass is 10.2. The van der Waals surface area contributed by atoms with E-state index in [-0.39, 0.29) is 5.91 Å². The van der Waals surface area contributed by atoms with Gasteiger partial charge in [-0.05, 0) is 26.7 Å². The second-order valence-corrected chi connectivity index (χ2v) is 4.71. The highest BCUT2D eigenvalue weighted by molar-refractivity contribution is 5.79. The van der Waals surface area contributed by atoms with E-state index in [4.69, 9.17) is 5.73 Å². The summed E-state index contributed by atoms with van der Waals surface area (Å²) in [6.07, 6.45) is 5.33. The highest BCUT2D eigenvalue weighted by Gasteiger charge is 2.15. The van der Waals surface area contributed by atoms with Gasteiger partial charge in [-0.3, -0.25) is 9.79 Å². The van der Waals surface area contributed by atoms with E-state index in [1.807, 2.05) is 18.7 Å². The molecule has 0 saturated heterocycles. The summed E-state index contributed by atoms with van der Waals surface area (Å²) in [6.45, 7) is 5.96. The van der Waals surface area contributed by atoms with Gasteiger partial charge in [0.25, 0.3) is 0 Å². The molecule has 1 aliphatic carbocycles. The van der Waals surface area contributed by atoms with E-state index in [9.17, 15) is 4.79 Å². The Labute approximate surface area is 110 Å². The maximum Gasteiger partial charge on any atom is 0.224 e. The molecule has 0 radical (unpaired) electrons. The van der Waals surface area contributed by atoms with Gasteiger partial charge in [0.15, 0.2) is 5.96 Å². The summed E-state index contributed by atoms with van der Waals surface area (Å²) in [5, 5.41) is 3.21. The summed E-state index contributed by atoms with van der Waals surface area (Å²) in [4.78, 5) is 17.8. The maximum atomic E-state index is 11.7. The molecule has 0 aromatic heterocycles. The van der Waals surface area contributed by atoms with Crippen LogP contribution in [0.2, 0.25) is 0 Å². The molecule has 0 aromatic carbocycles. The van der Waals surface area contributed by atoms with Crippen LogP contribution in [0.1, 0.15) is 46.0 Å².